The molecule has 0 bridgehead atoms. The third-order valence-corrected chi connectivity index (χ3v) is 2.19. The topological polar surface area (TPSA) is 17.1 Å². The number of Topliss-reactive ketones (excluding diaryl/α,β-unsaturated/α-hetero) is 1. The van der Waals surface area contributed by atoms with E-state index in [0.717, 1.165) is 19.3 Å². The Labute approximate surface area is 74.2 Å². The largest absolute Gasteiger partial charge is 0.299 e. The van der Waals surface area contributed by atoms with Crippen molar-refractivity contribution in [3.63, 3.8) is 0 Å². The number of rotatable bonds is 0. The summed E-state index contributed by atoms with van der Waals surface area (Å²) in [6, 6.07) is 0. The number of hydrogen-bond acceptors (Lipinski definition) is 1. The zero-order valence-electron chi connectivity index (χ0n) is 7.62. The number of allylic oxidation sites excluding steroid dienone is 4. The Kier molecular flexibility index (Phi) is 3.78. The van der Waals surface area contributed by atoms with Crippen LogP contribution in [-0.4, -0.2) is 5.78 Å². The predicted octanol–water partition coefficient (Wildman–Crippen LogP) is 2.88. The summed E-state index contributed by atoms with van der Waals surface area (Å²) >= 11 is 0. The first kappa shape index (κ1) is 9.24. The Morgan fingerprint density at radius 2 is 1.83 bits per heavy atom. The normalized spacial score (nSPS) is 25.8. The molecule has 0 saturated heterocycles. The summed E-state index contributed by atoms with van der Waals surface area (Å²) in [5.41, 5.74) is 0. The molecule has 1 atom stereocenters. The van der Waals surface area contributed by atoms with Crippen LogP contribution in [-0.2, 0) is 4.79 Å². The SMILES string of the molecule is CC1CC=CCCC=CCC1=O. The number of ketones is 1. The van der Waals surface area contributed by atoms with Crippen LogP contribution in [0.15, 0.2) is 24.3 Å². The van der Waals surface area contributed by atoms with Crippen molar-refractivity contribution in [3.05, 3.63) is 24.3 Å². The molecule has 0 aromatic carbocycles. The lowest BCUT2D eigenvalue weighted by atomic mass is 9.98. The molecular formula is C11H16O. The Hall–Kier alpha value is -0.850. The highest BCUT2D eigenvalue weighted by Crippen LogP contribution is 2.10. The van der Waals surface area contributed by atoms with Crippen LogP contribution >= 0.6 is 0 Å². The van der Waals surface area contributed by atoms with Crippen LogP contribution < -0.4 is 0 Å². The number of carbonyl (C=O) groups excluding carboxylic acids is 1. The van der Waals surface area contributed by atoms with Gasteiger partial charge in [0.2, 0.25) is 0 Å². The lowest BCUT2D eigenvalue weighted by Gasteiger charge is -2.06. The van der Waals surface area contributed by atoms with Crippen molar-refractivity contribution >= 4 is 5.78 Å². The summed E-state index contributed by atoms with van der Waals surface area (Å²) in [5, 5.41) is 0. The van der Waals surface area contributed by atoms with Crippen molar-refractivity contribution in [1.82, 2.24) is 0 Å². The maximum atomic E-state index is 11.3. The van der Waals surface area contributed by atoms with Gasteiger partial charge in [0.05, 0.1) is 0 Å². The summed E-state index contributed by atoms with van der Waals surface area (Å²) in [4.78, 5) is 11.3. The zero-order chi connectivity index (χ0) is 8.81. The molecule has 0 saturated carbocycles. The average molecular weight is 164 g/mol. The van der Waals surface area contributed by atoms with Crippen molar-refractivity contribution in [3.8, 4) is 0 Å². The molecule has 0 aromatic heterocycles. The second-order valence-corrected chi connectivity index (χ2v) is 3.33. The van der Waals surface area contributed by atoms with Crippen LogP contribution in [0.3, 0.4) is 0 Å². The van der Waals surface area contributed by atoms with E-state index < -0.39 is 0 Å². The predicted molar refractivity (Wildman–Crippen MR) is 50.9 cm³/mol. The van der Waals surface area contributed by atoms with Gasteiger partial charge in [0, 0.05) is 12.3 Å². The van der Waals surface area contributed by atoms with E-state index in [1.807, 2.05) is 13.0 Å². The smallest absolute Gasteiger partial charge is 0.139 e. The van der Waals surface area contributed by atoms with Crippen molar-refractivity contribution in [1.29, 1.82) is 0 Å². The number of carbonyl (C=O) groups is 1. The summed E-state index contributed by atoms with van der Waals surface area (Å²) < 4.78 is 0. The van der Waals surface area contributed by atoms with Crippen LogP contribution in [0.5, 0.6) is 0 Å². The van der Waals surface area contributed by atoms with Gasteiger partial charge in [-0.05, 0) is 19.3 Å². The molecule has 0 radical (unpaired) electrons. The van der Waals surface area contributed by atoms with Crippen molar-refractivity contribution in [2.24, 2.45) is 5.92 Å². The van der Waals surface area contributed by atoms with Gasteiger partial charge in [-0.3, -0.25) is 4.79 Å². The van der Waals surface area contributed by atoms with E-state index in [2.05, 4.69) is 18.2 Å². The summed E-state index contributed by atoms with van der Waals surface area (Å²) in [5.74, 6) is 0.557. The van der Waals surface area contributed by atoms with Gasteiger partial charge in [-0.2, -0.15) is 0 Å². The lowest BCUT2D eigenvalue weighted by Crippen LogP contribution is -2.08. The fourth-order valence-corrected chi connectivity index (χ4v) is 1.26. The van der Waals surface area contributed by atoms with E-state index >= 15 is 0 Å². The second-order valence-electron chi connectivity index (χ2n) is 3.33. The molecule has 1 nitrogen and oxygen atoms in total. The van der Waals surface area contributed by atoms with Crippen molar-refractivity contribution < 1.29 is 4.79 Å². The minimum atomic E-state index is 0.198. The molecule has 1 rings (SSSR count). The summed E-state index contributed by atoms with van der Waals surface area (Å²) in [7, 11) is 0. The van der Waals surface area contributed by atoms with E-state index in [-0.39, 0.29) is 5.92 Å². The quantitative estimate of drug-likeness (QED) is 0.503. The minimum Gasteiger partial charge on any atom is -0.299 e. The zero-order valence-corrected chi connectivity index (χ0v) is 7.62. The molecule has 0 spiro atoms. The van der Waals surface area contributed by atoms with Crippen LogP contribution in [0, 0.1) is 5.92 Å². The third-order valence-electron chi connectivity index (χ3n) is 2.19. The van der Waals surface area contributed by atoms with Gasteiger partial charge in [-0.25, -0.2) is 0 Å². The monoisotopic (exact) mass is 164 g/mol. The molecule has 0 heterocycles. The molecule has 1 unspecified atom stereocenters. The Bertz CT molecular complexity index is 201. The van der Waals surface area contributed by atoms with Gasteiger partial charge in [0.25, 0.3) is 0 Å². The standard InChI is InChI=1S/C11H16O/c1-10-8-6-4-2-3-5-7-9-11(10)12/h4-7,10H,2-3,8-9H2,1H3. The minimum absolute atomic E-state index is 0.198. The third kappa shape index (κ3) is 3.04. The van der Waals surface area contributed by atoms with Gasteiger partial charge in [0.15, 0.2) is 0 Å². The fourth-order valence-electron chi connectivity index (χ4n) is 1.26. The fraction of sp³-hybridized carbons (Fsp3) is 0.545. The Morgan fingerprint density at radius 1 is 1.17 bits per heavy atom. The van der Waals surface area contributed by atoms with E-state index in [1.54, 1.807) is 0 Å². The van der Waals surface area contributed by atoms with E-state index in [0.29, 0.717) is 12.2 Å². The van der Waals surface area contributed by atoms with Gasteiger partial charge < -0.3 is 0 Å². The molecule has 66 valence electrons. The van der Waals surface area contributed by atoms with Crippen LogP contribution in [0.4, 0.5) is 0 Å². The Balaban J connectivity index is 2.53. The molecule has 1 aliphatic carbocycles. The van der Waals surface area contributed by atoms with Gasteiger partial charge in [0.1, 0.15) is 5.78 Å². The highest BCUT2D eigenvalue weighted by Gasteiger charge is 2.09. The number of hydrogen-bond donors (Lipinski definition) is 0. The molecule has 1 aliphatic rings. The second kappa shape index (κ2) is 4.91. The van der Waals surface area contributed by atoms with Gasteiger partial charge in [-0.15, -0.1) is 0 Å². The summed E-state index contributed by atoms with van der Waals surface area (Å²) in [6.45, 7) is 2.00. The van der Waals surface area contributed by atoms with Crippen LogP contribution in [0.1, 0.15) is 32.6 Å². The molecule has 0 aliphatic heterocycles. The molecular weight excluding hydrogens is 148 g/mol. The molecule has 0 N–H and O–H groups in total. The van der Waals surface area contributed by atoms with E-state index in [9.17, 15) is 4.79 Å². The molecule has 0 amide bonds. The lowest BCUT2D eigenvalue weighted by molar-refractivity contribution is -0.121. The van der Waals surface area contributed by atoms with Crippen LogP contribution in [0.2, 0.25) is 0 Å². The van der Waals surface area contributed by atoms with Crippen molar-refractivity contribution in [2.45, 2.75) is 32.6 Å². The average Bonchev–Trinajstić information content (AvgIpc) is 2.08. The Morgan fingerprint density at radius 3 is 2.58 bits per heavy atom. The first-order chi connectivity index (χ1) is 5.80. The van der Waals surface area contributed by atoms with Crippen LogP contribution in [0.25, 0.3) is 0 Å². The first-order valence-electron chi connectivity index (χ1n) is 4.63. The highest BCUT2D eigenvalue weighted by atomic mass is 16.1. The molecule has 12 heavy (non-hydrogen) atoms. The van der Waals surface area contributed by atoms with Gasteiger partial charge in [-0.1, -0.05) is 31.2 Å². The molecule has 1 heteroatoms. The molecule has 0 aromatic rings. The maximum absolute atomic E-state index is 11.3. The van der Waals surface area contributed by atoms with Crippen molar-refractivity contribution in [2.75, 3.05) is 0 Å². The highest BCUT2D eigenvalue weighted by molar-refractivity contribution is 5.82. The van der Waals surface area contributed by atoms with E-state index in [1.165, 1.54) is 0 Å². The first-order valence-corrected chi connectivity index (χ1v) is 4.63. The van der Waals surface area contributed by atoms with E-state index in [4.69, 9.17) is 0 Å². The molecule has 0 fully saturated rings. The van der Waals surface area contributed by atoms with Gasteiger partial charge >= 0.3 is 0 Å². The maximum Gasteiger partial charge on any atom is 0.139 e. The summed E-state index contributed by atoms with van der Waals surface area (Å²) in [6.07, 6.45) is 12.1.